The first-order chi connectivity index (χ1) is 8.13. The standard InChI is InChI=1S/C10H18O3.C3H8O2/c1-7(2)6-9-8(12-3)4-5-10(11)13-9;1-3(2,4)5/h7-9H,4-6H2,1-3H3;4-5H,1-2H3. The van der Waals surface area contributed by atoms with Crippen LogP contribution < -0.4 is 0 Å². The first kappa shape index (κ1) is 17.4. The van der Waals surface area contributed by atoms with E-state index in [1.54, 1.807) is 7.11 Å². The fourth-order valence-electron chi connectivity index (χ4n) is 1.68. The van der Waals surface area contributed by atoms with Crippen molar-refractivity contribution < 1.29 is 24.5 Å². The molecule has 5 heteroatoms. The van der Waals surface area contributed by atoms with E-state index in [2.05, 4.69) is 13.8 Å². The molecule has 2 unspecified atom stereocenters. The molecule has 108 valence electrons. The van der Waals surface area contributed by atoms with Crippen molar-refractivity contribution in [2.24, 2.45) is 5.92 Å². The van der Waals surface area contributed by atoms with E-state index in [1.807, 2.05) is 0 Å². The van der Waals surface area contributed by atoms with Gasteiger partial charge < -0.3 is 19.7 Å². The van der Waals surface area contributed by atoms with Crippen molar-refractivity contribution in [1.29, 1.82) is 0 Å². The van der Waals surface area contributed by atoms with Crippen LogP contribution in [0.3, 0.4) is 0 Å². The second-order valence-electron chi connectivity index (χ2n) is 5.47. The van der Waals surface area contributed by atoms with E-state index in [9.17, 15) is 4.79 Å². The van der Waals surface area contributed by atoms with Crippen LogP contribution in [-0.2, 0) is 14.3 Å². The summed E-state index contributed by atoms with van der Waals surface area (Å²) in [6.07, 6.45) is 2.25. The minimum absolute atomic E-state index is 0.0359. The number of hydrogen-bond acceptors (Lipinski definition) is 5. The van der Waals surface area contributed by atoms with Gasteiger partial charge in [-0.2, -0.15) is 0 Å². The molecule has 18 heavy (non-hydrogen) atoms. The van der Waals surface area contributed by atoms with Crippen molar-refractivity contribution in [3.05, 3.63) is 0 Å². The fraction of sp³-hybridized carbons (Fsp3) is 0.923. The smallest absolute Gasteiger partial charge is 0.306 e. The number of ether oxygens (including phenoxy) is 2. The molecule has 2 N–H and O–H groups in total. The Kier molecular flexibility index (Phi) is 7.43. The Morgan fingerprint density at radius 1 is 1.44 bits per heavy atom. The number of carbonyl (C=O) groups excluding carboxylic acids is 1. The minimum Gasteiger partial charge on any atom is -0.460 e. The molecule has 0 bridgehead atoms. The molecule has 1 heterocycles. The van der Waals surface area contributed by atoms with E-state index >= 15 is 0 Å². The van der Waals surface area contributed by atoms with Gasteiger partial charge in [0.15, 0.2) is 5.79 Å². The van der Waals surface area contributed by atoms with Crippen LogP contribution >= 0.6 is 0 Å². The molecule has 0 aliphatic carbocycles. The summed E-state index contributed by atoms with van der Waals surface area (Å²) in [5.41, 5.74) is 0. The highest BCUT2D eigenvalue weighted by Crippen LogP contribution is 2.22. The van der Waals surface area contributed by atoms with Gasteiger partial charge in [-0.1, -0.05) is 13.8 Å². The average Bonchev–Trinajstić information content (AvgIpc) is 2.14. The van der Waals surface area contributed by atoms with E-state index in [1.165, 1.54) is 13.8 Å². The predicted molar refractivity (Wildman–Crippen MR) is 67.9 cm³/mol. The van der Waals surface area contributed by atoms with Crippen LogP contribution in [0.1, 0.15) is 47.0 Å². The molecule has 0 amide bonds. The SMILES string of the molecule is CC(C)(O)O.COC1CCC(=O)OC1CC(C)C. The molecule has 5 nitrogen and oxygen atoms in total. The summed E-state index contributed by atoms with van der Waals surface area (Å²) < 4.78 is 10.5. The maximum absolute atomic E-state index is 11.0. The third kappa shape index (κ3) is 9.39. The average molecular weight is 262 g/mol. The highest BCUT2D eigenvalue weighted by Gasteiger charge is 2.30. The van der Waals surface area contributed by atoms with Crippen molar-refractivity contribution in [2.75, 3.05) is 7.11 Å². The molecule has 0 aromatic heterocycles. The van der Waals surface area contributed by atoms with Crippen LogP contribution in [0.5, 0.6) is 0 Å². The van der Waals surface area contributed by atoms with Crippen molar-refractivity contribution in [2.45, 2.75) is 65.0 Å². The maximum Gasteiger partial charge on any atom is 0.306 e. The molecule has 1 saturated heterocycles. The zero-order valence-electron chi connectivity index (χ0n) is 12.0. The second-order valence-corrected chi connectivity index (χ2v) is 5.47. The molecule has 0 radical (unpaired) electrons. The lowest BCUT2D eigenvalue weighted by Crippen LogP contribution is -2.38. The van der Waals surface area contributed by atoms with Crippen LogP contribution in [0.15, 0.2) is 0 Å². The summed E-state index contributed by atoms with van der Waals surface area (Å²) in [6.45, 7) is 6.84. The summed E-state index contributed by atoms with van der Waals surface area (Å²) in [7, 11) is 1.68. The third-order valence-electron chi connectivity index (χ3n) is 2.34. The lowest BCUT2D eigenvalue weighted by Gasteiger charge is -2.31. The van der Waals surface area contributed by atoms with Gasteiger partial charge in [-0.15, -0.1) is 0 Å². The van der Waals surface area contributed by atoms with E-state index in [0.29, 0.717) is 12.3 Å². The zero-order valence-corrected chi connectivity index (χ0v) is 12.0. The summed E-state index contributed by atoms with van der Waals surface area (Å²) in [6, 6.07) is 0. The lowest BCUT2D eigenvalue weighted by molar-refractivity contribution is -0.167. The number of methoxy groups -OCH3 is 1. The third-order valence-corrected chi connectivity index (χ3v) is 2.34. The lowest BCUT2D eigenvalue weighted by atomic mass is 9.97. The summed E-state index contributed by atoms with van der Waals surface area (Å²) in [4.78, 5) is 11.0. The van der Waals surface area contributed by atoms with Gasteiger partial charge in [-0.05, 0) is 32.6 Å². The van der Waals surface area contributed by atoms with Gasteiger partial charge in [0.25, 0.3) is 0 Å². The summed E-state index contributed by atoms with van der Waals surface area (Å²) in [5, 5.41) is 16.2. The molecule has 1 aliphatic heterocycles. The van der Waals surface area contributed by atoms with Crippen molar-refractivity contribution in [3.8, 4) is 0 Å². The Labute approximate surface area is 109 Å². The minimum atomic E-state index is -1.50. The highest BCUT2D eigenvalue weighted by atomic mass is 16.6. The number of hydrogen-bond donors (Lipinski definition) is 2. The van der Waals surface area contributed by atoms with E-state index in [-0.39, 0.29) is 18.2 Å². The fourth-order valence-corrected chi connectivity index (χ4v) is 1.68. The van der Waals surface area contributed by atoms with Crippen molar-refractivity contribution >= 4 is 5.97 Å². The van der Waals surface area contributed by atoms with E-state index < -0.39 is 5.79 Å². The second kappa shape index (κ2) is 7.71. The maximum atomic E-state index is 11.0. The Balaban J connectivity index is 0.000000494. The zero-order chi connectivity index (χ0) is 14.3. The number of esters is 1. The van der Waals surface area contributed by atoms with Gasteiger partial charge in [0.05, 0.1) is 6.10 Å². The predicted octanol–water partition coefficient (Wildman–Crippen LogP) is 1.46. The molecule has 0 spiro atoms. The van der Waals surface area contributed by atoms with Gasteiger partial charge in [-0.25, -0.2) is 0 Å². The Bertz CT molecular complexity index is 238. The van der Waals surface area contributed by atoms with Crippen LogP contribution in [-0.4, -0.2) is 41.3 Å². The number of aliphatic hydroxyl groups is 2. The first-order valence-corrected chi connectivity index (χ1v) is 6.30. The summed E-state index contributed by atoms with van der Waals surface area (Å²) in [5.74, 6) is -1.05. The van der Waals surface area contributed by atoms with Crippen LogP contribution in [0.2, 0.25) is 0 Å². The Morgan fingerprint density at radius 3 is 2.33 bits per heavy atom. The topological polar surface area (TPSA) is 76.0 Å². The monoisotopic (exact) mass is 262 g/mol. The summed E-state index contributed by atoms with van der Waals surface area (Å²) >= 11 is 0. The van der Waals surface area contributed by atoms with Gasteiger partial charge >= 0.3 is 5.97 Å². The highest BCUT2D eigenvalue weighted by molar-refractivity contribution is 5.70. The van der Waals surface area contributed by atoms with Gasteiger partial charge in [-0.3, -0.25) is 4.79 Å². The molecular weight excluding hydrogens is 236 g/mol. The Morgan fingerprint density at radius 2 is 1.94 bits per heavy atom. The van der Waals surface area contributed by atoms with Crippen LogP contribution in [0.4, 0.5) is 0 Å². The molecule has 0 aromatic rings. The van der Waals surface area contributed by atoms with Crippen LogP contribution in [0.25, 0.3) is 0 Å². The van der Waals surface area contributed by atoms with E-state index in [4.69, 9.17) is 19.7 Å². The van der Waals surface area contributed by atoms with Gasteiger partial charge in [0.2, 0.25) is 0 Å². The largest absolute Gasteiger partial charge is 0.460 e. The molecule has 2 atom stereocenters. The quantitative estimate of drug-likeness (QED) is 0.595. The normalized spacial score (nSPS) is 24.3. The van der Waals surface area contributed by atoms with Crippen molar-refractivity contribution in [3.63, 3.8) is 0 Å². The van der Waals surface area contributed by atoms with Crippen LogP contribution in [0, 0.1) is 5.92 Å². The molecule has 1 rings (SSSR count). The number of cyclic esters (lactones) is 1. The Hall–Kier alpha value is -0.650. The molecule has 1 fully saturated rings. The molecule has 0 saturated carbocycles. The number of carbonyl (C=O) groups is 1. The molecule has 1 aliphatic rings. The first-order valence-electron chi connectivity index (χ1n) is 6.30. The number of rotatable bonds is 3. The van der Waals surface area contributed by atoms with E-state index in [0.717, 1.165) is 12.8 Å². The van der Waals surface area contributed by atoms with Crippen molar-refractivity contribution in [1.82, 2.24) is 0 Å². The van der Waals surface area contributed by atoms with Gasteiger partial charge in [0.1, 0.15) is 6.10 Å². The molecule has 0 aromatic carbocycles. The molecular formula is C13H26O5. The van der Waals surface area contributed by atoms with Gasteiger partial charge in [0, 0.05) is 13.5 Å².